The van der Waals surface area contributed by atoms with Gasteiger partial charge in [-0.1, -0.05) is 6.07 Å². The van der Waals surface area contributed by atoms with Crippen LogP contribution in [0.15, 0.2) is 34.9 Å². The molecule has 1 aromatic heterocycles. The Balaban J connectivity index is 2.16. The van der Waals surface area contributed by atoms with Gasteiger partial charge in [0.15, 0.2) is 0 Å². The summed E-state index contributed by atoms with van der Waals surface area (Å²) < 4.78 is 13.6. The summed E-state index contributed by atoms with van der Waals surface area (Å²) in [6.07, 6.45) is 2.30. The van der Waals surface area contributed by atoms with Gasteiger partial charge in [0, 0.05) is 6.20 Å². The summed E-state index contributed by atoms with van der Waals surface area (Å²) in [5, 5.41) is 0. The largest absolute Gasteiger partial charge is 0.322 e. The van der Waals surface area contributed by atoms with Crippen LogP contribution in [0, 0.1) is 12.7 Å². The Labute approximate surface area is 113 Å². The van der Waals surface area contributed by atoms with E-state index in [1.54, 1.807) is 24.4 Å². The smallest absolute Gasteiger partial charge is 0.137 e. The van der Waals surface area contributed by atoms with Crippen molar-refractivity contribution in [2.24, 2.45) is 5.73 Å². The number of rotatable bonds is 3. The molecule has 5 heteroatoms. The Kier molecular flexibility index (Phi) is 4.04. The van der Waals surface area contributed by atoms with E-state index in [2.05, 4.69) is 25.9 Å². The lowest BCUT2D eigenvalue weighted by molar-refractivity contribution is 0.618. The first kappa shape index (κ1) is 13.1. The maximum absolute atomic E-state index is 13.1. The maximum atomic E-state index is 13.1. The highest BCUT2D eigenvalue weighted by molar-refractivity contribution is 9.10. The fourth-order valence-corrected chi connectivity index (χ4v) is 2.13. The number of nitrogens with two attached hydrogens (primary N) is 1. The second kappa shape index (κ2) is 5.54. The SMILES string of the molecule is Cc1nccc(C(N)Cc2ccc(F)c(Br)c2)n1. The van der Waals surface area contributed by atoms with Gasteiger partial charge in [-0.3, -0.25) is 0 Å². The van der Waals surface area contributed by atoms with Crippen LogP contribution in [-0.2, 0) is 6.42 Å². The molecular formula is C13H13BrFN3. The van der Waals surface area contributed by atoms with Crippen LogP contribution < -0.4 is 5.73 Å². The van der Waals surface area contributed by atoms with Crippen molar-refractivity contribution in [3.05, 3.63) is 57.8 Å². The Morgan fingerprint density at radius 1 is 1.39 bits per heavy atom. The molecule has 1 aromatic carbocycles. The molecule has 0 saturated heterocycles. The third kappa shape index (κ3) is 3.11. The number of aromatic nitrogens is 2. The lowest BCUT2D eigenvalue weighted by Gasteiger charge is -2.11. The zero-order chi connectivity index (χ0) is 13.1. The highest BCUT2D eigenvalue weighted by Crippen LogP contribution is 2.20. The highest BCUT2D eigenvalue weighted by atomic mass is 79.9. The van der Waals surface area contributed by atoms with Gasteiger partial charge in [-0.05, 0) is 53.0 Å². The molecule has 3 nitrogen and oxygen atoms in total. The second-order valence-corrected chi connectivity index (χ2v) is 4.94. The minimum Gasteiger partial charge on any atom is -0.322 e. The van der Waals surface area contributed by atoms with Crippen LogP contribution in [0.4, 0.5) is 4.39 Å². The van der Waals surface area contributed by atoms with E-state index in [0.717, 1.165) is 11.3 Å². The third-order valence-corrected chi connectivity index (χ3v) is 3.22. The van der Waals surface area contributed by atoms with Crippen LogP contribution in [0.25, 0.3) is 0 Å². The molecule has 2 rings (SSSR count). The average molecular weight is 310 g/mol. The van der Waals surface area contributed by atoms with Gasteiger partial charge in [0.05, 0.1) is 16.2 Å². The number of hydrogen-bond acceptors (Lipinski definition) is 3. The fourth-order valence-electron chi connectivity index (χ4n) is 1.71. The number of benzene rings is 1. The van der Waals surface area contributed by atoms with Crippen LogP contribution >= 0.6 is 15.9 Å². The molecule has 0 spiro atoms. The summed E-state index contributed by atoms with van der Waals surface area (Å²) in [6, 6.07) is 6.48. The Morgan fingerprint density at radius 2 is 2.17 bits per heavy atom. The van der Waals surface area contributed by atoms with Gasteiger partial charge in [-0.2, -0.15) is 0 Å². The van der Waals surface area contributed by atoms with Crippen molar-refractivity contribution >= 4 is 15.9 Å². The average Bonchev–Trinajstić information content (AvgIpc) is 2.34. The topological polar surface area (TPSA) is 51.8 Å². The third-order valence-electron chi connectivity index (χ3n) is 2.62. The van der Waals surface area contributed by atoms with Crippen LogP contribution in [0.2, 0.25) is 0 Å². The molecule has 2 N–H and O–H groups in total. The summed E-state index contributed by atoms with van der Waals surface area (Å²) in [7, 11) is 0. The van der Waals surface area contributed by atoms with E-state index in [4.69, 9.17) is 5.73 Å². The number of aryl methyl sites for hydroxylation is 1. The second-order valence-electron chi connectivity index (χ2n) is 4.09. The van der Waals surface area contributed by atoms with E-state index >= 15 is 0 Å². The van der Waals surface area contributed by atoms with Crippen molar-refractivity contribution in [2.45, 2.75) is 19.4 Å². The van der Waals surface area contributed by atoms with Gasteiger partial charge in [-0.25, -0.2) is 14.4 Å². The first-order valence-corrected chi connectivity index (χ1v) is 6.34. The predicted molar refractivity (Wildman–Crippen MR) is 71.5 cm³/mol. The van der Waals surface area contributed by atoms with Crippen molar-refractivity contribution in [3.8, 4) is 0 Å². The van der Waals surface area contributed by atoms with E-state index in [1.165, 1.54) is 6.07 Å². The van der Waals surface area contributed by atoms with Gasteiger partial charge >= 0.3 is 0 Å². The van der Waals surface area contributed by atoms with E-state index in [0.29, 0.717) is 16.7 Å². The van der Waals surface area contributed by atoms with Crippen LogP contribution in [-0.4, -0.2) is 9.97 Å². The standard InChI is InChI=1S/C13H13BrFN3/c1-8-17-5-4-13(18-8)12(16)7-9-2-3-11(15)10(14)6-9/h2-6,12H,7,16H2,1H3. The summed E-state index contributed by atoms with van der Waals surface area (Å²) in [4.78, 5) is 8.32. The molecule has 1 atom stereocenters. The minimum atomic E-state index is -0.273. The molecule has 0 fully saturated rings. The maximum Gasteiger partial charge on any atom is 0.137 e. The molecule has 0 aliphatic carbocycles. The van der Waals surface area contributed by atoms with Gasteiger partial charge in [-0.15, -0.1) is 0 Å². The van der Waals surface area contributed by atoms with Gasteiger partial charge in [0.2, 0.25) is 0 Å². The van der Waals surface area contributed by atoms with E-state index in [9.17, 15) is 4.39 Å². The van der Waals surface area contributed by atoms with Crippen molar-refractivity contribution < 1.29 is 4.39 Å². The molecule has 0 aliphatic heterocycles. The lowest BCUT2D eigenvalue weighted by atomic mass is 10.0. The van der Waals surface area contributed by atoms with Crippen molar-refractivity contribution in [2.75, 3.05) is 0 Å². The predicted octanol–water partition coefficient (Wildman–Crippen LogP) is 2.93. The first-order valence-electron chi connectivity index (χ1n) is 5.55. The summed E-state index contributed by atoms with van der Waals surface area (Å²) in [5.74, 6) is 0.424. The van der Waals surface area contributed by atoms with Crippen molar-refractivity contribution in [1.82, 2.24) is 9.97 Å². The number of halogens is 2. The Morgan fingerprint density at radius 3 is 2.83 bits per heavy atom. The van der Waals surface area contributed by atoms with E-state index in [1.807, 2.05) is 6.92 Å². The number of hydrogen-bond donors (Lipinski definition) is 1. The normalized spacial score (nSPS) is 12.4. The summed E-state index contributed by atoms with van der Waals surface area (Å²) >= 11 is 3.16. The molecular weight excluding hydrogens is 297 g/mol. The zero-order valence-corrected chi connectivity index (χ0v) is 11.5. The molecule has 0 bridgehead atoms. The number of nitrogens with zero attached hydrogens (tertiary/aromatic N) is 2. The summed E-state index contributed by atoms with van der Waals surface area (Å²) in [5.41, 5.74) is 7.84. The van der Waals surface area contributed by atoms with Crippen molar-refractivity contribution in [1.29, 1.82) is 0 Å². The molecule has 0 aliphatic rings. The Bertz CT molecular complexity index is 560. The minimum absolute atomic E-state index is 0.218. The molecule has 2 aromatic rings. The molecule has 0 radical (unpaired) electrons. The van der Waals surface area contributed by atoms with Gasteiger partial charge in [0.1, 0.15) is 11.6 Å². The summed E-state index contributed by atoms with van der Waals surface area (Å²) in [6.45, 7) is 1.82. The quantitative estimate of drug-likeness (QED) is 0.948. The zero-order valence-electron chi connectivity index (χ0n) is 9.90. The molecule has 0 amide bonds. The van der Waals surface area contributed by atoms with Crippen LogP contribution in [0.5, 0.6) is 0 Å². The monoisotopic (exact) mass is 309 g/mol. The Hall–Kier alpha value is -1.33. The van der Waals surface area contributed by atoms with E-state index < -0.39 is 0 Å². The van der Waals surface area contributed by atoms with Gasteiger partial charge in [0.25, 0.3) is 0 Å². The van der Waals surface area contributed by atoms with Crippen LogP contribution in [0.1, 0.15) is 23.1 Å². The molecule has 0 saturated carbocycles. The molecule has 1 heterocycles. The van der Waals surface area contributed by atoms with Crippen LogP contribution in [0.3, 0.4) is 0 Å². The lowest BCUT2D eigenvalue weighted by Crippen LogP contribution is -2.15. The van der Waals surface area contributed by atoms with E-state index in [-0.39, 0.29) is 11.9 Å². The van der Waals surface area contributed by atoms with Gasteiger partial charge < -0.3 is 5.73 Å². The van der Waals surface area contributed by atoms with Crippen molar-refractivity contribution in [3.63, 3.8) is 0 Å². The first-order chi connectivity index (χ1) is 8.56. The highest BCUT2D eigenvalue weighted by Gasteiger charge is 2.10. The fraction of sp³-hybridized carbons (Fsp3) is 0.231. The molecule has 1 unspecified atom stereocenters. The molecule has 18 heavy (non-hydrogen) atoms. The molecule has 94 valence electrons.